The maximum Gasteiger partial charge on any atom is 0.266 e. The van der Waals surface area contributed by atoms with Crippen LogP contribution in [0.5, 0.6) is 0 Å². The van der Waals surface area contributed by atoms with Crippen molar-refractivity contribution in [1.82, 2.24) is 19.9 Å². The molecule has 0 N–H and O–H groups in total. The number of hydrogen-bond donors (Lipinski definition) is 0. The Labute approximate surface area is 160 Å². The number of aryl methyl sites for hydroxylation is 3. The molecule has 0 bridgehead atoms. The summed E-state index contributed by atoms with van der Waals surface area (Å²) >= 11 is 1.56. The average molecular weight is 378 g/mol. The van der Waals surface area contributed by atoms with Gasteiger partial charge in [-0.05, 0) is 29.5 Å². The van der Waals surface area contributed by atoms with Crippen molar-refractivity contribution < 1.29 is 4.52 Å². The minimum Gasteiger partial charge on any atom is -0.339 e. The highest BCUT2D eigenvalue weighted by Crippen LogP contribution is 2.21. The quantitative estimate of drug-likeness (QED) is 0.510. The molecule has 0 unspecified atom stereocenters. The molecule has 0 spiro atoms. The van der Waals surface area contributed by atoms with Gasteiger partial charge >= 0.3 is 0 Å². The maximum atomic E-state index is 12.2. The van der Waals surface area contributed by atoms with E-state index < -0.39 is 0 Å². The molecule has 0 saturated heterocycles. The van der Waals surface area contributed by atoms with Gasteiger partial charge in [-0.3, -0.25) is 4.79 Å². The lowest BCUT2D eigenvalue weighted by Gasteiger charge is -2.06. The van der Waals surface area contributed by atoms with Gasteiger partial charge in [-0.2, -0.15) is 10.1 Å². The molecule has 0 aliphatic heterocycles. The van der Waals surface area contributed by atoms with Crippen LogP contribution in [0.2, 0.25) is 0 Å². The van der Waals surface area contributed by atoms with E-state index in [4.69, 9.17) is 4.52 Å². The summed E-state index contributed by atoms with van der Waals surface area (Å²) in [6.07, 6.45) is 1.44. The largest absolute Gasteiger partial charge is 0.339 e. The Bertz CT molecular complexity index is 1080. The summed E-state index contributed by atoms with van der Waals surface area (Å²) in [4.78, 5) is 17.5. The van der Waals surface area contributed by atoms with Crippen LogP contribution in [0.3, 0.4) is 0 Å². The third-order valence-electron chi connectivity index (χ3n) is 4.27. The fourth-order valence-corrected chi connectivity index (χ4v) is 3.39. The Hall–Kier alpha value is -3.06. The number of aromatic nitrogens is 4. The molecule has 0 fully saturated rings. The lowest BCUT2D eigenvalue weighted by Crippen LogP contribution is -2.23. The summed E-state index contributed by atoms with van der Waals surface area (Å²) in [6, 6.07) is 15.4. The van der Waals surface area contributed by atoms with Gasteiger partial charge in [0.1, 0.15) is 0 Å². The second-order valence-electron chi connectivity index (χ2n) is 6.07. The van der Waals surface area contributed by atoms with Crippen LogP contribution in [0.15, 0.2) is 63.2 Å². The van der Waals surface area contributed by atoms with E-state index >= 15 is 0 Å². The zero-order chi connectivity index (χ0) is 18.6. The van der Waals surface area contributed by atoms with Crippen molar-refractivity contribution >= 4 is 11.3 Å². The molecule has 6 nitrogen and oxygen atoms in total. The van der Waals surface area contributed by atoms with Crippen LogP contribution < -0.4 is 5.56 Å². The Morgan fingerprint density at radius 3 is 2.70 bits per heavy atom. The molecule has 27 heavy (non-hydrogen) atoms. The molecule has 4 aromatic rings. The van der Waals surface area contributed by atoms with E-state index in [1.165, 1.54) is 10.2 Å². The van der Waals surface area contributed by atoms with Gasteiger partial charge in [0.15, 0.2) is 0 Å². The van der Waals surface area contributed by atoms with Gasteiger partial charge in [-0.1, -0.05) is 42.4 Å². The third-order valence-corrected chi connectivity index (χ3v) is 5.14. The minimum absolute atomic E-state index is 0.151. The first-order valence-electron chi connectivity index (χ1n) is 8.77. The Morgan fingerprint density at radius 2 is 1.96 bits per heavy atom. The average Bonchev–Trinajstić information content (AvgIpc) is 3.39. The molecule has 7 heteroatoms. The van der Waals surface area contributed by atoms with Crippen molar-refractivity contribution in [3.05, 3.63) is 75.7 Å². The Kier molecular flexibility index (Phi) is 4.93. The molecule has 3 heterocycles. The summed E-state index contributed by atoms with van der Waals surface area (Å²) in [7, 11) is 0. The normalized spacial score (nSPS) is 11.0. The van der Waals surface area contributed by atoms with E-state index in [-0.39, 0.29) is 5.56 Å². The fourth-order valence-electron chi connectivity index (χ4n) is 2.74. The van der Waals surface area contributed by atoms with E-state index in [0.29, 0.717) is 24.7 Å². The van der Waals surface area contributed by atoms with Crippen LogP contribution in [0.4, 0.5) is 0 Å². The molecule has 0 amide bonds. The van der Waals surface area contributed by atoms with Gasteiger partial charge in [-0.15, -0.1) is 11.3 Å². The SMILES string of the molecule is CCc1ccc(-c2ccc(=O)n(CCc3nc(-c4cccs4)no3)n2)cc1. The molecule has 1 aromatic carbocycles. The molecule has 0 saturated carbocycles. The van der Waals surface area contributed by atoms with E-state index in [9.17, 15) is 4.79 Å². The van der Waals surface area contributed by atoms with Gasteiger partial charge in [0.2, 0.25) is 11.7 Å². The first kappa shape index (κ1) is 17.4. The first-order chi connectivity index (χ1) is 13.2. The topological polar surface area (TPSA) is 73.8 Å². The summed E-state index contributed by atoms with van der Waals surface area (Å²) in [6.45, 7) is 2.50. The van der Waals surface area contributed by atoms with Gasteiger partial charge in [0, 0.05) is 18.1 Å². The highest BCUT2D eigenvalue weighted by molar-refractivity contribution is 7.13. The summed E-state index contributed by atoms with van der Waals surface area (Å²) in [5.41, 5.74) is 2.87. The minimum atomic E-state index is -0.151. The molecule has 0 aliphatic rings. The number of rotatable bonds is 6. The maximum absolute atomic E-state index is 12.2. The number of hydrogen-bond acceptors (Lipinski definition) is 6. The molecule has 0 aliphatic carbocycles. The van der Waals surface area contributed by atoms with Crippen LogP contribution in [0.25, 0.3) is 22.0 Å². The molecular weight excluding hydrogens is 360 g/mol. The van der Waals surface area contributed by atoms with E-state index in [2.05, 4.69) is 34.3 Å². The molecular formula is C20H18N4O2S. The van der Waals surface area contributed by atoms with Crippen LogP contribution in [0.1, 0.15) is 18.4 Å². The lowest BCUT2D eigenvalue weighted by atomic mass is 10.1. The highest BCUT2D eigenvalue weighted by atomic mass is 32.1. The van der Waals surface area contributed by atoms with Crippen molar-refractivity contribution in [2.75, 3.05) is 0 Å². The van der Waals surface area contributed by atoms with Crippen LogP contribution >= 0.6 is 11.3 Å². The molecule has 4 rings (SSSR count). The smallest absolute Gasteiger partial charge is 0.266 e. The second kappa shape index (κ2) is 7.67. The number of nitrogens with zero attached hydrogens (tertiary/aromatic N) is 4. The highest BCUT2D eigenvalue weighted by Gasteiger charge is 2.10. The second-order valence-corrected chi connectivity index (χ2v) is 7.02. The fraction of sp³-hybridized carbons (Fsp3) is 0.200. The Morgan fingerprint density at radius 1 is 1.11 bits per heavy atom. The summed E-state index contributed by atoms with van der Waals surface area (Å²) in [5, 5.41) is 10.4. The van der Waals surface area contributed by atoms with Crippen molar-refractivity contribution in [2.24, 2.45) is 0 Å². The predicted octanol–water partition coefficient (Wildman–Crippen LogP) is 3.83. The van der Waals surface area contributed by atoms with Gasteiger partial charge in [0.25, 0.3) is 5.56 Å². The van der Waals surface area contributed by atoms with Gasteiger partial charge in [0.05, 0.1) is 17.1 Å². The van der Waals surface area contributed by atoms with Crippen LogP contribution in [-0.4, -0.2) is 19.9 Å². The monoisotopic (exact) mass is 378 g/mol. The van der Waals surface area contributed by atoms with Crippen molar-refractivity contribution in [1.29, 1.82) is 0 Å². The third kappa shape index (κ3) is 3.88. The molecule has 3 aromatic heterocycles. The van der Waals surface area contributed by atoms with Gasteiger partial charge in [-0.25, -0.2) is 4.68 Å². The summed E-state index contributed by atoms with van der Waals surface area (Å²) < 4.78 is 6.74. The summed E-state index contributed by atoms with van der Waals surface area (Å²) in [5.74, 6) is 1.06. The molecule has 0 atom stereocenters. The molecule has 136 valence electrons. The van der Waals surface area contributed by atoms with E-state index in [0.717, 1.165) is 22.6 Å². The van der Waals surface area contributed by atoms with E-state index in [1.807, 2.05) is 29.6 Å². The zero-order valence-electron chi connectivity index (χ0n) is 14.8. The zero-order valence-corrected chi connectivity index (χ0v) is 15.6. The van der Waals surface area contributed by atoms with E-state index in [1.54, 1.807) is 23.5 Å². The van der Waals surface area contributed by atoms with Crippen LogP contribution in [0, 0.1) is 0 Å². The van der Waals surface area contributed by atoms with Crippen molar-refractivity contribution in [2.45, 2.75) is 26.3 Å². The van der Waals surface area contributed by atoms with Crippen LogP contribution in [-0.2, 0) is 19.4 Å². The Balaban J connectivity index is 1.51. The van der Waals surface area contributed by atoms with Gasteiger partial charge < -0.3 is 4.52 Å². The lowest BCUT2D eigenvalue weighted by molar-refractivity contribution is 0.368. The van der Waals surface area contributed by atoms with Crippen molar-refractivity contribution in [3.8, 4) is 22.0 Å². The molecule has 0 radical (unpaired) electrons. The van der Waals surface area contributed by atoms with Crippen molar-refractivity contribution in [3.63, 3.8) is 0 Å². The number of benzene rings is 1. The predicted molar refractivity (Wildman–Crippen MR) is 105 cm³/mol. The first-order valence-corrected chi connectivity index (χ1v) is 9.65. The standard InChI is InChI=1S/C20H18N4O2S/c1-2-14-5-7-15(8-6-14)16-9-10-19(25)24(22-16)12-11-18-21-20(23-26-18)17-4-3-13-27-17/h3-10,13H,2,11-12H2,1H3. The number of thiophene rings is 1.